The van der Waals surface area contributed by atoms with E-state index in [2.05, 4.69) is 6.58 Å². The van der Waals surface area contributed by atoms with Gasteiger partial charge in [0.2, 0.25) is 11.7 Å². The van der Waals surface area contributed by atoms with E-state index >= 15 is 0 Å². The topological polar surface area (TPSA) is 96.2 Å². The molecule has 0 saturated heterocycles. The van der Waals surface area contributed by atoms with Crippen molar-refractivity contribution in [2.24, 2.45) is 0 Å². The minimum Gasteiger partial charge on any atom is -0.494 e. The van der Waals surface area contributed by atoms with Crippen molar-refractivity contribution in [1.29, 1.82) is 5.26 Å². The zero-order valence-corrected chi connectivity index (χ0v) is 16.2. The van der Waals surface area contributed by atoms with Crippen LogP contribution < -0.4 is 5.56 Å². The van der Waals surface area contributed by atoms with Crippen LogP contribution >= 0.6 is 0 Å². The molecule has 0 bridgehead atoms. The molecule has 0 radical (unpaired) electrons. The Kier molecular flexibility index (Phi) is 4.70. The maximum Gasteiger partial charge on any atom is 0.271 e. The first-order valence-electron chi connectivity index (χ1n) is 8.75. The lowest BCUT2D eigenvalue weighted by molar-refractivity contribution is 0.101. The number of benzene rings is 1. The number of furan rings is 1. The molecule has 2 aromatic heterocycles. The van der Waals surface area contributed by atoms with Gasteiger partial charge in [-0.1, -0.05) is 18.2 Å². The molecule has 0 aliphatic heterocycles. The Labute approximate surface area is 161 Å². The van der Waals surface area contributed by atoms with Gasteiger partial charge >= 0.3 is 0 Å². The Bertz CT molecular complexity index is 1250. The molecule has 1 aromatic carbocycles. The summed E-state index contributed by atoms with van der Waals surface area (Å²) in [7, 11) is 0. The van der Waals surface area contributed by atoms with Crippen LogP contribution in [0.4, 0.5) is 0 Å². The number of aromatic hydroxyl groups is 1. The summed E-state index contributed by atoms with van der Waals surface area (Å²) < 4.78 is 6.85. The highest BCUT2D eigenvalue weighted by molar-refractivity contribution is 6.13. The predicted octanol–water partition coefficient (Wildman–Crippen LogP) is 3.82. The van der Waals surface area contributed by atoms with Crippen molar-refractivity contribution < 1.29 is 14.3 Å². The largest absolute Gasteiger partial charge is 0.494 e. The van der Waals surface area contributed by atoms with Gasteiger partial charge in [-0.3, -0.25) is 14.2 Å². The van der Waals surface area contributed by atoms with E-state index in [1.165, 1.54) is 13.0 Å². The second-order valence-electron chi connectivity index (χ2n) is 6.78. The van der Waals surface area contributed by atoms with Gasteiger partial charge in [-0.2, -0.15) is 5.26 Å². The number of nitriles is 1. The molecule has 28 heavy (non-hydrogen) atoms. The van der Waals surface area contributed by atoms with Crippen LogP contribution in [0, 0.1) is 39.0 Å². The van der Waals surface area contributed by atoms with Gasteiger partial charge in [-0.15, -0.1) is 6.58 Å². The zero-order chi connectivity index (χ0) is 20.7. The summed E-state index contributed by atoms with van der Waals surface area (Å²) in [5.74, 6) is -0.996. The number of nitrogens with zero attached hydrogens (tertiary/aromatic N) is 2. The fourth-order valence-electron chi connectivity index (χ4n) is 3.37. The van der Waals surface area contributed by atoms with Crippen LogP contribution in [0.15, 0.2) is 34.0 Å². The molecule has 0 fully saturated rings. The van der Waals surface area contributed by atoms with Crippen molar-refractivity contribution in [3.05, 3.63) is 74.3 Å². The molecular formula is C22H20N2O4. The maximum absolute atomic E-state index is 13.3. The number of carbonyl (C=O) groups excluding carboxylic acids is 1. The van der Waals surface area contributed by atoms with E-state index in [0.29, 0.717) is 11.1 Å². The Balaban J connectivity index is 2.34. The summed E-state index contributed by atoms with van der Waals surface area (Å²) in [5.41, 5.74) is 2.36. The number of fused-ring (bicyclic) bond motifs is 1. The number of aromatic nitrogens is 1. The first-order chi connectivity index (χ1) is 13.2. The van der Waals surface area contributed by atoms with Crippen molar-refractivity contribution >= 4 is 16.8 Å². The fraction of sp³-hybridized carbons (Fsp3) is 0.227. The monoisotopic (exact) mass is 376 g/mol. The van der Waals surface area contributed by atoms with Gasteiger partial charge in [-0.25, -0.2) is 0 Å². The molecule has 0 unspecified atom stereocenters. The number of carbonyl (C=O) groups is 1. The molecule has 6 heteroatoms. The van der Waals surface area contributed by atoms with Crippen molar-refractivity contribution in [2.45, 2.75) is 34.2 Å². The van der Waals surface area contributed by atoms with Gasteiger partial charge in [0.1, 0.15) is 17.2 Å². The average molecular weight is 376 g/mol. The highest BCUT2D eigenvalue weighted by Gasteiger charge is 2.28. The predicted molar refractivity (Wildman–Crippen MR) is 106 cm³/mol. The first-order valence-corrected chi connectivity index (χ1v) is 8.75. The minimum atomic E-state index is -0.665. The van der Waals surface area contributed by atoms with Crippen molar-refractivity contribution in [1.82, 2.24) is 4.57 Å². The van der Waals surface area contributed by atoms with Gasteiger partial charge in [-0.05, 0) is 44.4 Å². The molecular weight excluding hydrogens is 356 g/mol. The molecule has 3 rings (SSSR count). The van der Waals surface area contributed by atoms with E-state index < -0.39 is 17.2 Å². The quantitative estimate of drug-likeness (QED) is 0.551. The molecule has 0 aliphatic rings. The molecule has 0 spiro atoms. The number of ketones is 1. The van der Waals surface area contributed by atoms with Crippen LogP contribution in [0.1, 0.15) is 43.9 Å². The van der Waals surface area contributed by atoms with Crippen LogP contribution in [0.25, 0.3) is 11.0 Å². The Hall–Kier alpha value is -3.59. The second-order valence-corrected chi connectivity index (χ2v) is 6.78. The molecule has 0 saturated carbocycles. The Morgan fingerprint density at radius 3 is 2.54 bits per heavy atom. The van der Waals surface area contributed by atoms with E-state index in [-0.39, 0.29) is 29.0 Å². The van der Waals surface area contributed by atoms with E-state index in [1.807, 2.05) is 32.0 Å². The van der Waals surface area contributed by atoms with E-state index in [1.54, 1.807) is 6.92 Å². The van der Waals surface area contributed by atoms with Crippen molar-refractivity contribution in [3.8, 4) is 11.9 Å². The average Bonchev–Trinajstić information content (AvgIpc) is 2.99. The number of rotatable bonds is 4. The third kappa shape index (κ3) is 2.64. The zero-order valence-electron chi connectivity index (χ0n) is 16.2. The Morgan fingerprint density at radius 1 is 1.25 bits per heavy atom. The molecule has 0 aliphatic carbocycles. The summed E-state index contributed by atoms with van der Waals surface area (Å²) in [6.45, 7) is 10.6. The fourth-order valence-corrected chi connectivity index (χ4v) is 3.37. The highest BCUT2D eigenvalue weighted by atomic mass is 16.3. The normalized spacial score (nSPS) is 10.8. The summed E-state index contributed by atoms with van der Waals surface area (Å²) in [5, 5.41) is 20.8. The van der Waals surface area contributed by atoms with Crippen LogP contribution in [0.5, 0.6) is 5.88 Å². The van der Waals surface area contributed by atoms with Gasteiger partial charge in [0, 0.05) is 17.5 Å². The summed E-state index contributed by atoms with van der Waals surface area (Å²) in [6.07, 6.45) is 1.41. The van der Waals surface area contributed by atoms with Gasteiger partial charge in [0.15, 0.2) is 5.76 Å². The smallest absolute Gasteiger partial charge is 0.271 e. The SMILES string of the molecule is C=CCn1c(O)c(C(=O)c2oc3c(C)c(C)ccc3c2C)c(C)c(C#N)c1=O. The molecule has 0 atom stereocenters. The van der Waals surface area contributed by atoms with Gasteiger partial charge in [0.25, 0.3) is 5.56 Å². The number of hydrogen-bond donors (Lipinski definition) is 1. The van der Waals surface area contributed by atoms with Gasteiger partial charge in [0.05, 0.1) is 5.56 Å². The van der Waals surface area contributed by atoms with Crippen molar-refractivity contribution in [2.75, 3.05) is 0 Å². The van der Waals surface area contributed by atoms with Gasteiger partial charge < -0.3 is 9.52 Å². The number of aryl methyl sites for hydroxylation is 3. The van der Waals surface area contributed by atoms with E-state index in [9.17, 15) is 20.0 Å². The van der Waals surface area contributed by atoms with Crippen molar-refractivity contribution in [3.63, 3.8) is 0 Å². The number of hydrogen-bond acceptors (Lipinski definition) is 5. The van der Waals surface area contributed by atoms with E-state index in [0.717, 1.165) is 21.1 Å². The lowest BCUT2D eigenvalue weighted by Gasteiger charge is -2.13. The molecule has 3 aromatic rings. The Morgan fingerprint density at radius 2 is 1.93 bits per heavy atom. The lowest BCUT2D eigenvalue weighted by atomic mass is 9.98. The van der Waals surface area contributed by atoms with Crippen LogP contribution in [0.3, 0.4) is 0 Å². The summed E-state index contributed by atoms with van der Waals surface area (Å²) in [6, 6.07) is 5.67. The standard InChI is InChI=1S/C22H20N2O4/c1-6-9-24-21(26)16(10-23)13(4)17(22(24)27)18(25)20-14(5)15-8-7-11(2)12(3)19(15)28-20/h6-8,27H,1,9H2,2-5H3. The lowest BCUT2D eigenvalue weighted by Crippen LogP contribution is -2.26. The third-order valence-electron chi connectivity index (χ3n) is 5.17. The van der Waals surface area contributed by atoms with Crippen LogP contribution in [-0.2, 0) is 6.54 Å². The van der Waals surface area contributed by atoms with Crippen LogP contribution in [-0.4, -0.2) is 15.5 Å². The van der Waals surface area contributed by atoms with Crippen LogP contribution in [0.2, 0.25) is 0 Å². The molecule has 2 heterocycles. The number of allylic oxidation sites excluding steroid dienone is 1. The molecule has 142 valence electrons. The third-order valence-corrected chi connectivity index (χ3v) is 5.17. The highest BCUT2D eigenvalue weighted by Crippen LogP contribution is 2.33. The summed E-state index contributed by atoms with van der Waals surface area (Å²) in [4.78, 5) is 25.7. The minimum absolute atomic E-state index is 0.0304. The van der Waals surface area contributed by atoms with E-state index in [4.69, 9.17) is 4.42 Å². The number of pyridine rings is 1. The first kappa shape index (κ1) is 19.2. The maximum atomic E-state index is 13.3. The molecule has 1 N–H and O–H groups in total. The second kappa shape index (κ2) is 6.86. The molecule has 6 nitrogen and oxygen atoms in total. The summed E-state index contributed by atoms with van der Waals surface area (Å²) >= 11 is 0. The molecule has 0 amide bonds.